The van der Waals surface area contributed by atoms with Crippen LogP contribution in [0, 0.1) is 0 Å². The maximum Gasteiger partial charge on any atom is 0.331 e. The lowest BCUT2D eigenvalue weighted by molar-refractivity contribution is -0.132. The summed E-state index contributed by atoms with van der Waals surface area (Å²) >= 11 is 6.87. The van der Waals surface area contributed by atoms with E-state index in [0.717, 1.165) is 26.5 Å². The van der Waals surface area contributed by atoms with Gasteiger partial charge in [-0.1, -0.05) is 32.0 Å². The SMILES string of the molecule is CCC(=Cc1cccc(C(CC)=C(Br)Br)c1)C(=O)O. The first-order valence-electron chi connectivity index (χ1n) is 6.08. The molecule has 0 aliphatic carbocycles. The van der Waals surface area contributed by atoms with E-state index in [2.05, 4.69) is 38.8 Å². The number of allylic oxidation sites excluding steroid dienone is 1. The molecule has 0 radical (unpaired) electrons. The van der Waals surface area contributed by atoms with Gasteiger partial charge in [0.05, 0.1) is 3.39 Å². The van der Waals surface area contributed by atoms with Crippen molar-refractivity contribution < 1.29 is 9.90 Å². The van der Waals surface area contributed by atoms with Gasteiger partial charge < -0.3 is 5.11 Å². The topological polar surface area (TPSA) is 37.3 Å². The number of carbonyl (C=O) groups is 1. The van der Waals surface area contributed by atoms with Crippen LogP contribution in [0.3, 0.4) is 0 Å². The summed E-state index contributed by atoms with van der Waals surface area (Å²) in [6.45, 7) is 3.92. The summed E-state index contributed by atoms with van der Waals surface area (Å²) in [5.74, 6) is -0.860. The molecule has 0 saturated heterocycles. The lowest BCUT2D eigenvalue weighted by Gasteiger charge is -2.07. The predicted molar refractivity (Wildman–Crippen MR) is 87.4 cm³/mol. The molecule has 1 rings (SSSR count). The van der Waals surface area contributed by atoms with Crippen LogP contribution in [0.1, 0.15) is 37.8 Å². The number of hydrogen-bond acceptors (Lipinski definition) is 1. The quantitative estimate of drug-likeness (QED) is 0.683. The van der Waals surface area contributed by atoms with Crippen molar-refractivity contribution in [1.29, 1.82) is 0 Å². The van der Waals surface area contributed by atoms with E-state index in [-0.39, 0.29) is 0 Å². The third kappa shape index (κ3) is 4.62. The van der Waals surface area contributed by atoms with Crippen molar-refractivity contribution in [3.63, 3.8) is 0 Å². The van der Waals surface area contributed by atoms with E-state index in [1.165, 1.54) is 0 Å². The van der Waals surface area contributed by atoms with Crippen LogP contribution in [0.5, 0.6) is 0 Å². The number of rotatable bonds is 5. The van der Waals surface area contributed by atoms with Crippen LogP contribution in [-0.4, -0.2) is 11.1 Å². The van der Waals surface area contributed by atoms with E-state index in [0.29, 0.717) is 12.0 Å². The molecule has 1 aromatic rings. The number of hydrogen-bond donors (Lipinski definition) is 1. The summed E-state index contributed by atoms with van der Waals surface area (Å²) < 4.78 is 0.928. The second-order valence-electron chi connectivity index (χ2n) is 4.05. The van der Waals surface area contributed by atoms with Gasteiger partial charge in [0.25, 0.3) is 0 Å². The Morgan fingerprint density at radius 2 is 1.95 bits per heavy atom. The summed E-state index contributed by atoms with van der Waals surface area (Å²) in [4.78, 5) is 11.0. The Kier molecular flexibility index (Phi) is 6.52. The summed E-state index contributed by atoms with van der Waals surface area (Å²) in [5.41, 5.74) is 3.56. The van der Waals surface area contributed by atoms with E-state index in [9.17, 15) is 4.79 Å². The zero-order chi connectivity index (χ0) is 14.4. The van der Waals surface area contributed by atoms with Crippen LogP contribution in [0.2, 0.25) is 0 Å². The highest BCUT2D eigenvalue weighted by Crippen LogP contribution is 2.30. The molecule has 0 bridgehead atoms. The molecule has 4 heteroatoms. The van der Waals surface area contributed by atoms with E-state index < -0.39 is 5.97 Å². The average molecular weight is 388 g/mol. The van der Waals surface area contributed by atoms with Crippen LogP contribution < -0.4 is 0 Å². The Labute approximate surface area is 130 Å². The molecule has 0 atom stereocenters. The normalized spacial score (nSPS) is 11.3. The first kappa shape index (κ1) is 16.2. The first-order chi connectivity index (χ1) is 8.99. The minimum Gasteiger partial charge on any atom is -0.478 e. The molecule has 0 aliphatic rings. The number of halogens is 2. The number of carboxylic acid groups (broad SMARTS) is 1. The third-order valence-corrected chi connectivity index (χ3v) is 3.77. The second-order valence-corrected chi connectivity index (χ2v) is 6.70. The molecule has 2 nitrogen and oxygen atoms in total. The molecule has 0 spiro atoms. The molecular formula is C15H16Br2O2. The van der Waals surface area contributed by atoms with Crippen molar-refractivity contribution in [2.45, 2.75) is 26.7 Å². The van der Waals surface area contributed by atoms with Gasteiger partial charge in [-0.25, -0.2) is 4.79 Å². The molecule has 0 aliphatic heterocycles. The van der Waals surface area contributed by atoms with Gasteiger partial charge in [-0.2, -0.15) is 0 Å². The lowest BCUT2D eigenvalue weighted by atomic mass is 10.0. The number of carboxylic acids is 1. The van der Waals surface area contributed by atoms with E-state index in [4.69, 9.17) is 5.11 Å². The molecule has 0 saturated carbocycles. The van der Waals surface area contributed by atoms with Crippen LogP contribution in [0.15, 0.2) is 33.2 Å². The van der Waals surface area contributed by atoms with Gasteiger partial charge >= 0.3 is 5.97 Å². The van der Waals surface area contributed by atoms with Gasteiger partial charge in [0.2, 0.25) is 0 Å². The maximum absolute atomic E-state index is 11.0. The van der Waals surface area contributed by atoms with Gasteiger partial charge in [0.1, 0.15) is 0 Å². The Hall–Kier alpha value is -0.870. The van der Waals surface area contributed by atoms with Gasteiger partial charge in [0, 0.05) is 5.57 Å². The molecule has 1 N–H and O–H groups in total. The fourth-order valence-electron chi connectivity index (χ4n) is 1.78. The van der Waals surface area contributed by atoms with Crippen molar-refractivity contribution in [2.75, 3.05) is 0 Å². The Balaban J connectivity index is 3.21. The first-order valence-corrected chi connectivity index (χ1v) is 7.66. The number of benzene rings is 1. The van der Waals surface area contributed by atoms with Gasteiger partial charge in [-0.05, 0) is 73.5 Å². The Morgan fingerprint density at radius 3 is 2.42 bits per heavy atom. The van der Waals surface area contributed by atoms with Crippen molar-refractivity contribution in [3.8, 4) is 0 Å². The predicted octanol–water partition coefficient (Wildman–Crippen LogP) is 5.43. The summed E-state index contributed by atoms with van der Waals surface area (Å²) in [6, 6.07) is 7.87. The van der Waals surface area contributed by atoms with Crippen LogP contribution in [0.25, 0.3) is 11.6 Å². The monoisotopic (exact) mass is 386 g/mol. The molecule has 1 aromatic carbocycles. The number of aliphatic carboxylic acids is 1. The smallest absolute Gasteiger partial charge is 0.331 e. The standard InChI is InChI=1S/C15H16Br2O2/c1-3-11(15(18)19)8-10-6-5-7-12(9-10)13(4-2)14(16)17/h5-9H,3-4H2,1-2H3,(H,18,19). The minimum atomic E-state index is -0.860. The van der Waals surface area contributed by atoms with Crippen molar-refractivity contribution in [3.05, 3.63) is 44.4 Å². The highest BCUT2D eigenvalue weighted by Gasteiger charge is 2.06. The summed E-state index contributed by atoms with van der Waals surface area (Å²) in [7, 11) is 0. The van der Waals surface area contributed by atoms with E-state index in [1.54, 1.807) is 6.08 Å². The van der Waals surface area contributed by atoms with Crippen molar-refractivity contribution >= 4 is 49.5 Å². The Bertz CT molecular complexity index is 527. The highest BCUT2D eigenvalue weighted by atomic mass is 79.9. The molecule has 0 unspecified atom stereocenters. The van der Waals surface area contributed by atoms with Gasteiger partial charge in [0.15, 0.2) is 0 Å². The molecule has 0 amide bonds. The van der Waals surface area contributed by atoms with Crippen molar-refractivity contribution in [1.82, 2.24) is 0 Å². The fraction of sp³-hybridized carbons (Fsp3) is 0.267. The molecule has 0 aromatic heterocycles. The molecular weight excluding hydrogens is 372 g/mol. The second kappa shape index (κ2) is 7.65. The molecule has 102 valence electrons. The highest BCUT2D eigenvalue weighted by molar-refractivity contribution is 9.28. The zero-order valence-corrected chi connectivity index (χ0v) is 14.1. The van der Waals surface area contributed by atoms with Crippen molar-refractivity contribution in [2.24, 2.45) is 0 Å². The minimum absolute atomic E-state index is 0.414. The van der Waals surface area contributed by atoms with Gasteiger partial charge in [-0.15, -0.1) is 0 Å². The van der Waals surface area contributed by atoms with E-state index in [1.807, 2.05) is 31.2 Å². The Morgan fingerprint density at radius 1 is 1.26 bits per heavy atom. The molecule has 0 fully saturated rings. The fourth-order valence-corrected chi connectivity index (χ4v) is 2.80. The molecule has 19 heavy (non-hydrogen) atoms. The summed E-state index contributed by atoms with van der Waals surface area (Å²) in [5, 5.41) is 9.05. The van der Waals surface area contributed by atoms with Gasteiger partial charge in [-0.3, -0.25) is 0 Å². The molecule has 0 heterocycles. The maximum atomic E-state index is 11.0. The van der Waals surface area contributed by atoms with E-state index >= 15 is 0 Å². The largest absolute Gasteiger partial charge is 0.478 e. The zero-order valence-electron chi connectivity index (χ0n) is 10.9. The average Bonchev–Trinajstić information content (AvgIpc) is 2.36. The van der Waals surface area contributed by atoms with Crippen LogP contribution in [-0.2, 0) is 4.79 Å². The summed E-state index contributed by atoms with van der Waals surface area (Å²) in [6.07, 6.45) is 3.12. The lowest BCUT2D eigenvalue weighted by Crippen LogP contribution is -1.98. The van der Waals surface area contributed by atoms with Crippen LogP contribution >= 0.6 is 31.9 Å². The van der Waals surface area contributed by atoms with Crippen LogP contribution in [0.4, 0.5) is 0 Å². The third-order valence-electron chi connectivity index (χ3n) is 2.81.